The molecule has 1 fully saturated rings. The van der Waals surface area contributed by atoms with E-state index in [9.17, 15) is 14.7 Å². The summed E-state index contributed by atoms with van der Waals surface area (Å²) in [6.07, 6.45) is 1.88. The Balaban J connectivity index is 1.98. The van der Waals surface area contributed by atoms with Crippen molar-refractivity contribution in [1.29, 1.82) is 0 Å². The van der Waals surface area contributed by atoms with Gasteiger partial charge in [0.1, 0.15) is 24.0 Å². The van der Waals surface area contributed by atoms with Gasteiger partial charge in [-0.15, -0.1) is 0 Å². The zero-order valence-corrected chi connectivity index (χ0v) is 16.2. The van der Waals surface area contributed by atoms with E-state index in [2.05, 4.69) is 5.32 Å². The van der Waals surface area contributed by atoms with Crippen molar-refractivity contribution in [2.24, 2.45) is 0 Å². The summed E-state index contributed by atoms with van der Waals surface area (Å²) in [4.78, 5) is 26.2. The summed E-state index contributed by atoms with van der Waals surface area (Å²) in [6, 6.07) is 5.37. The van der Waals surface area contributed by atoms with E-state index in [0.29, 0.717) is 18.6 Å². The molecule has 0 aliphatic carbocycles. The molecule has 1 unspecified atom stereocenters. The van der Waals surface area contributed by atoms with Gasteiger partial charge in [-0.1, -0.05) is 44.4 Å². The molecule has 0 saturated carbocycles. The number of aliphatic hydroxyl groups excluding tert-OH is 1. The van der Waals surface area contributed by atoms with Crippen molar-refractivity contribution in [2.45, 2.75) is 65.0 Å². The summed E-state index contributed by atoms with van der Waals surface area (Å²) < 4.78 is 5.66. The number of imide groups is 1. The standard InChI is InChI=1S/C20H30N2O4/c1-5-9-20(10-6-2)18(24)22(19(25)21-20)12-16(23)13-26-17-8-7-14(3)11-15(17)4/h7-8,11,16,23H,5-6,9-10,12-13H2,1-4H3,(H,21,25). The summed E-state index contributed by atoms with van der Waals surface area (Å²) >= 11 is 0. The van der Waals surface area contributed by atoms with Gasteiger partial charge >= 0.3 is 6.03 Å². The first-order chi connectivity index (χ1) is 12.3. The number of nitrogens with zero attached hydrogens (tertiary/aromatic N) is 1. The van der Waals surface area contributed by atoms with E-state index in [1.54, 1.807) is 0 Å². The van der Waals surface area contributed by atoms with E-state index in [0.717, 1.165) is 28.9 Å². The minimum atomic E-state index is -0.940. The zero-order valence-electron chi connectivity index (χ0n) is 16.2. The molecule has 3 amide bonds. The fourth-order valence-electron chi connectivity index (χ4n) is 3.57. The molecule has 1 heterocycles. The lowest BCUT2D eigenvalue weighted by molar-refractivity contribution is -0.133. The number of hydrogen-bond donors (Lipinski definition) is 2. The van der Waals surface area contributed by atoms with Gasteiger partial charge < -0.3 is 15.2 Å². The topological polar surface area (TPSA) is 78.9 Å². The molecule has 6 heteroatoms. The molecule has 1 aliphatic rings. The molecule has 2 rings (SSSR count). The predicted molar refractivity (Wildman–Crippen MR) is 100 cm³/mol. The third-order valence-corrected chi connectivity index (χ3v) is 4.75. The monoisotopic (exact) mass is 362 g/mol. The molecule has 2 N–H and O–H groups in total. The van der Waals surface area contributed by atoms with Crippen molar-refractivity contribution in [1.82, 2.24) is 10.2 Å². The number of aryl methyl sites for hydroxylation is 2. The van der Waals surface area contributed by atoms with Crippen LogP contribution >= 0.6 is 0 Å². The SMILES string of the molecule is CCCC1(CCC)NC(=O)N(CC(O)COc2ccc(C)cc2C)C1=O. The molecule has 1 atom stereocenters. The van der Waals surface area contributed by atoms with E-state index >= 15 is 0 Å². The third-order valence-electron chi connectivity index (χ3n) is 4.75. The summed E-state index contributed by atoms with van der Waals surface area (Å²) in [5.74, 6) is 0.454. The number of carbonyl (C=O) groups excluding carboxylic acids is 2. The number of benzene rings is 1. The lowest BCUT2D eigenvalue weighted by atomic mass is 9.88. The molecule has 0 radical (unpaired) electrons. The van der Waals surface area contributed by atoms with Crippen molar-refractivity contribution in [3.05, 3.63) is 29.3 Å². The first-order valence-corrected chi connectivity index (χ1v) is 9.35. The van der Waals surface area contributed by atoms with Crippen LogP contribution in [-0.2, 0) is 4.79 Å². The van der Waals surface area contributed by atoms with E-state index in [1.165, 1.54) is 0 Å². The van der Waals surface area contributed by atoms with Gasteiger partial charge in [0.2, 0.25) is 0 Å². The van der Waals surface area contributed by atoms with Crippen LogP contribution < -0.4 is 10.1 Å². The molecule has 1 saturated heterocycles. The summed E-state index contributed by atoms with van der Waals surface area (Å²) in [5, 5.41) is 13.1. The van der Waals surface area contributed by atoms with Crippen molar-refractivity contribution in [3.8, 4) is 5.75 Å². The fraction of sp³-hybridized carbons (Fsp3) is 0.600. The van der Waals surface area contributed by atoms with Crippen LogP contribution in [0.4, 0.5) is 4.79 Å². The van der Waals surface area contributed by atoms with Crippen LogP contribution in [0, 0.1) is 13.8 Å². The van der Waals surface area contributed by atoms with Crippen LogP contribution in [0.25, 0.3) is 0 Å². The molecular weight excluding hydrogens is 332 g/mol. The highest BCUT2D eigenvalue weighted by molar-refractivity contribution is 6.07. The highest BCUT2D eigenvalue weighted by Gasteiger charge is 2.50. The maximum absolute atomic E-state index is 12.8. The van der Waals surface area contributed by atoms with Crippen LogP contribution in [0.1, 0.15) is 50.7 Å². The molecule has 1 aromatic carbocycles. The van der Waals surface area contributed by atoms with Gasteiger partial charge in [-0.25, -0.2) is 4.79 Å². The number of aliphatic hydroxyl groups is 1. The highest BCUT2D eigenvalue weighted by Crippen LogP contribution is 2.28. The number of ether oxygens (including phenoxy) is 1. The average Bonchev–Trinajstić information content (AvgIpc) is 2.79. The van der Waals surface area contributed by atoms with Crippen LogP contribution in [0.3, 0.4) is 0 Å². The number of rotatable bonds is 9. The molecule has 0 bridgehead atoms. The van der Waals surface area contributed by atoms with Crippen LogP contribution in [0.2, 0.25) is 0 Å². The van der Waals surface area contributed by atoms with Crippen LogP contribution in [-0.4, -0.2) is 46.7 Å². The van der Waals surface area contributed by atoms with Gasteiger partial charge in [-0.05, 0) is 38.3 Å². The second-order valence-corrected chi connectivity index (χ2v) is 7.16. The van der Waals surface area contributed by atoms with Crippen molar-refractivity contribution >= 4 is 11.9 Å². The number of β-amino-alcohol motifs (C(OH)–C–C–N with tert-alkyl or cyclic N) is 1. The Hall–Kier alpha value is -2.08. The lowest BCUT2D eigenvalue weighted by Gasteiger charge is -2.26. The van der Waals surface area contributed by atoms with E-state index in [4.69, 9.17) is 4.74 Å². The van der Waals surface area contributed by atoms with Gasteiger partial charge in [0, 0.05) is 0 Å². The quantitative estimate of drug-likeness (QED) is 0.662. The van der Waals surface area contributed by atoms with Crippen LogP contribution in [0.15, 0.2) is 18.2 Å². The molecule has 0 aromatic heterocycles. The second kappa shape index (κ2) is 8.54. The largest absolute Gasteiger partial charge is 0.491 e. The number of amides is 3. The molecular formula is C20H30N2O4. The predicted octanol–water partition coefficient (Wildman–Crippen LogP) is 2.93. The number of urea groups is 1. The van der Waals surface area contributed by atoms with Crippen molar-refractivity contribution < 1.29 is 19.4 Å². The molecule has 6 nitrogen and oxygen atoms in total. The molecule has 1 aliphatic heterocycles. The van der Waals surface area contributed by atoms with Crippen molar-refractivity contribution in [2.75, 3.05) is 13.2 Å². The maximum atomic E-state index is 12.8. The Morgan fingerprint density at radius 2 is 1.85 bits per heavy atom. The van der Waals surface area contributed by atoms with E-state index < -0.39 is 17.7 Å². The highest BCUT2D eigenvalue weighted by atomic mass is 16.5. The van der Waals surface area contributed by atoms with Crippen LogP contribution in [0.5, 0.6) is 5.75 Å². The summed E-state index contributed by atoms with van der Waals surface area (Å²) in [5.41, 5.74) is 1.30. The van der Waals surface area contributed by atoms with E-state index in [-0.39, 0.29) is 19.1 Å². The van der Waals surface area contributed by atoms with Gasteiger partial charge in [-0.3, -0.25) is 9.69 Å². The first kappa shape index (κ1) is 20.2. The van der Waals surface area contributed by atoms with Gasteiger partial charge in [0.15, 0.2) is 0 Å². The number of carbonyl (C=O) groups is 2. The minimum Gasteiger partial charge on any atom is -0.491 e. The van der Waals surface area contributed by atoms with Gasteiger partial charge in [0.25, 0.3) is 5.91 Å². The Morgan fingerprint density at radius 3 is 2.42 bits per heavy atom. The number of nitrogens with one attached hydrogen (secondary N) is 1. The lowest BCUT2D eigenvalue weighted by Crippen LogP contribution is -2.47. The zero-order chi connectivity index (χ0) is 19.3. The molecule has 144 valence electrons. The summed E-state index contributed by atoms with van der Waals surface area (Å²) in [6.45, 7) is 7.89. The van der Waals surface area contributed by atoms with Crippen molar-refractivity contribution in [3.63, 3.8) is 0 Å². The Kier molecular flexibility index (Phi) is 6.64. The fourth-order valence-corrected chi connectivity index (χ4v) is 3.57. The van der Waals surface area contributed by atoms with Gasteiger partial charge in [0.05, 0.1) is 6.54 Å². The number of hydrogen-bond acceptors (Lipinski definition) is 4. The minimum absolute atomic E-state index is 0.0233. The summed E-state index contributed by atoms with van der Waals surface area (Å²) in [7, 11) is 0. The Bertz CT molecular complexity index is 653. The van der Waals surface area contributed by atoms with Gasteiger partial charge in [-0.2, -0.15) is 0 Å². The second-order valence-electron chi connectivity index (χ2n) is 7.16. The third kappa shape index (κ3) is 4.36. The normalized spacial score (nSPS) is 17.3. The maximum Gasteiger partial charge on any atom is 0.325 e. The van der Waals surface area contributed by atoms with E-state index in [1.807, 2.05) is 45.9 Å². The molecule has 26 heavy (non-hydrogen) atoms. The Labute approximate surface area is 155 Å². The average molecular weight is 362 g/mol. The smallest absolute Gasteiger partial charge is 0.325 e. The molecule has 0 spiro atoms. The molecule has 1 aromatic rings. The Morgan fingerprint density at radius 1 is 1.19 bits per heavy atom. The first-order valence-electron chi connectivity index (χ1n) is 9.35.